The van der Waals surface area contributed by atoms with Crippen molar-refractivity contribution in [3.8, 4) is 0 Å². The van der Waals surface area contributed by atoms with Crippen LogP contribution < -0.4 is 0 Å². The van der Waals surface area contributed by atoms with Crippen LogP contribution in [0.25, 0.3) is 11.0 Å². The average Bonchev–Trinajstić information content (AvgIpc) is 2.69. The molecule has 19 heavy (non-hydrogen) atoms. The van der Waals surface area contributed by atoms with E-state index >= 15 is 0 Å². The minimum absolute atomic E-state index is 0.0469. The van der Waals surface area contributed by atoms with E-state index in [1.54, 1.807) is 13.2 Å². The van der Waals surface area contributed by atoms with Gasteiger partial charge in [-0.25, -0.2) is 9.37 Å². The van der Waals surface area contributed by atoms with Crippen molar-refractivity contribution in [2.45, 2.75) is 25.3 Å². The Morgan fingerprint density at radius 1 is 1.47 bits per heavy atom. The number of nitrogens with zero attached hydrogens (tertiary/aromatic N) is 2. The van der Waals surface area contributed by atoms with Gasteiger partial charge in [-0.05, 0) is 42.5 Å². The van der Waals surface area contributed by atoms with Crippen LogP contribution in [0.3, 0.4) is 0 Å². The zero-order valence-electron chi connectivity index (χ0n) is 11.0. The van der Waals surface area contributed by atoms with Crippen molar-refractivity contribution in [1.29, 1.82) is 0 Å². The molecule has 2 rings (SSSR count). The maximum Gasteiger partial charge on any atom is 0.138 e. The number of fused-ring (bicyclic) bond motifs is 1. The van der Waals surface area contributed by atoms with Crippen LogP contribution >= 0.6 is 34.2 Å². The number of benzene rings is 1. The van der Waals surface area contributed by atoms with E-state index in [2.05, 4.69) is 4.98 Å². The maximum atomic E-state index is 13.8. The third kappa shape index (κ3) is 2.87. The summed E-state index contributed by atoms with van der Waals surface area (Å²) < 4.78 is 21.5. The highest BCUT2D eigenvalue weighted by molar-refractivity contribution is 14.1. The van der Waals surface area contributed by atoms with E-state index in [-0.39, 0.29) is 17.2 Å². The predicted molar refractivity (Wildman–Crippen MR) is 83.3 cm³/mol. The summed E-state index contributed by atoms with van der Waals surface area (Å²) in [6, 6.07) is 3.30. The van der Waals surface area contributed by atoms with Gasteiger partial charge in [0, 0.05) is 13.2 Å². The van der Waals surface area contributed by atoms with E-state index in [9.17, 15) is 4.39 Å². The predicted octanol–water partition coefficient (Wildman–Crippen LogP) is 4.29. The van der Waals surface area contributed by atoms with E-state index < -0.39 is 0 Å². The molecule has 1 heterocycles. The van der Waals surface area contributed by atoms with Crippen molar-refractivity contribution in [2.24, 2.45) is 0 Å². The number of halogens is 3. The smallest absolute Gasteiger partial charge is 0.138 e. The highest BCUT2D eigenvalue weighted by Crippen LogP contribution is 2.30. The van der Waals surface area contributed by atoms with Crippen LogP contribution in [0.15, 0.2) is 12.1 Å². The molecule has 0 saturated carbocycles. The number of rotatable bonds is 4. The van der Waals surface area contributed by atoms with Gasteiger partial charge in [0.15, 0.2) is 0 Å². The Hall–Kier alpha value is -0.400. The molecule has 2 aromatic rings. The number of methoxy groups -OCH3 is 1. The molecule has 0 bridgehead atoms. The highest BCUT2D eigenvalue weighted by atomic mass is 127. The lowest BCUT2D eigenvalue weighted by atomic mass is 10.2. The van der Waals surface area contributed by atoms with Crippen molar-refractivity contribution < 1.29 is 9.13 Å². The van der Waals surface area contributed by atoms with Gasteiger partial charge < -0.3 is 9.30 Å². The Morgan fingerprint density at radius 3 is 2.74 bits per heavy atom. The summed E-state index contributed by atoms with van der Waals surface area (Å²) in [6.45, 7) is 4.39. The molecule has 0 amide bonds. The van der Waals surface area contributed by atoms with Crippen LogP contribution in [0.4, 0.5) is 4.39 Å². The van der Waals surface area contributed by atoms with Gasteiger partial charge in [-0.1, -0.05) is 0 Å². The summed E-state index contributed by atoms with van der Waals surface area (Å²) in [4.78, 5) is 4.52. The standard InChI is InChI=1S/C13H15ClFIN2O/c1-7(6-19-3)18-12-4-9(15)10(16)5-11(12)17-13(18)8(2)14/h4-5,7-8H,6H2,1-3H3. The van der Waals surface area contributed by atoms with Crippen molar-refractivity contribution >= 4 is 45.2 Å². The first-order chi connectivity index (χ1) is 8.95. The molecule has 3 nitrogen and oxygen atoms in total. The van der Waals surface area contributed by atoms with Gasteiger partial charge in [0.25, 0.3) is 0 Å². The fourth-order valence-electron chi connectivity index (χ4n) is 2.17. The molecule has 0 aliphatic rings. The van der Waals surface area contributed by atoms with Gasteiger partial charge in [0.2, 0.25) is 0 Å². The number of hydrogen-bond acceptors (Lipinski definition) is 2. The van der Waals surface area contributed by atoms with Gasteiger partial charge in [-0.3, -0.25) is 0 Å². The average molecular weight is 397 g/mol. The molecule has 0 spiro atoms. The van der Waals surface area contributed by atoms with Gasteiger partial charge >= 0.3 is 0 Å². The topological polar surface area (TPSA) is 27.1 Å². The lowest BCUT2D eigenvalue weighted by molar-refractivity contribution is 0.162. The molecule has 0 aliphatic heterocycles. The molecule has 0 saturated heterocycles. The molecule has 2 atom stereocenters. The first kappa shape index (κ1) is 15.0. The molecule has 0 N–H and O–H groups in total. The van der Waals surface area contributed by atoms with E-state index in [1.807, 2.05) is 41.0 Å². The van der Waals surface area contributed by atoms with E-state index in [0.717, 1.165) is 16.9 Å². The van der Waals surface area contributed by atoms with E-state index in [4.69, 9.17) is 16.3 Å². The van der Waals surface area contributed by atoms with E-state index in [1.165, 1.54) is 6.07 Å². The molecule has 6 heteroatoms. The molecule has 0 fully saturated rings. The number of ether oxygens (including phenoxy) is 1. The Kier molecular flexibility index (Phi) is 4.68. The summed E-state index contributed by atoms with van der Waals surface area (Å²) in [5, 5.41) is -0.243. The summed E-state index contributed by atoms with van der Waals surface area (Å²) >= 11 is 8.15. The zero-order chi connectivity index (χ0) is 14.2. The normalized spacial score (nSPS) is 14.8. The minimum atomic E-state index is -0.243. The second-order valence-electron chi connectivity index (χ2n) is 4.52. The monoisotopic (exact) mass is 396 g/mol. The Labute approximate surface area is 130 Å². The van der Waals surface area contributed by atoms with Crippen molar-refractivity contribution in [3.05, 3.63) is 27.3 Å². The fourth-order valence-corrected chi connectivity index (χ4v) is 2.77. The SMILES string of the molecule is COCC(C)n1c(C(C)Cl)nc2cc(I)c(F)cc21. The molecule has 1 aromatic heterocycles. The Bertz CT molecular complexity index is 600. The number of imidazole rings is 1. The van der Waals surface area contributed by atoms with Crippen LogP contribution in [-0.2, 0) is 4.74 Å². The van der Waals surface area contributed by atoms with E-state index in [0.29, 0.717) is 10.2 Å². The number of alkyl halides is 1. The first-order valence-electron chi connectivity index (χ1n) is 5.95. The first-order valence-corrected chi connectivity index (χ1v) is 7.47. The van der Waals surface area contributed by atoms with Gasteiger partial charge in [0.05, 0.1) is 32.6 Å². The second kappa shape index (κ2) is 5.93. The molecule has 2 unspecified atom stereocenters. The van der Waals surface area contributed by atoms with Gasteiger partial charge in [0.1, 0.15) is 11.6 Å². The lowest BCUT2D eigenvalue weighted by Crippen LogP contribution is -2.14. The molecule has 104 valence electrons. The van der Waals surface area contributed by atoms with Gasteiger partial charge in [-0.2, -0.15) is 0 Å². The number of hydrogen-bond donors (Lipinski definition) is 0. The fraction of sp³-hybridized carbons (Fsp3) is 0.462. The lowest BCUT2D eigenvalue weighted by Gasteiger charge is -2.17. The zero-order valence-corrected chi connectivity index (χ0v) is 13.9. The summed E-state index contributed by atoms with van der Waals surface area (Å²) in [7, 11) is 1.64. The Balaban J connectivity index is 2.69. The summed E-state index contributed by atoms with van der Waals surface area (Å²) in [5.41, 5.74) is 1.52. The van der Waals surface area contributed by atoms with Crippen molar-refractivity contribution in [3.63, 3.8) is 0 Å². The van der Waals surface area contributed by atoms with Crippen LogP contribution in [0, 0.1) is 9.39 Å². The van der Waals surface area contributed by atoms with Crippen LogP contribution in [-0.4, -0.2) is 23.3 Å². The molecular weight excluding hydrogens is 382 g/mol. The van der Waals surface area contributed by atoms with Crippen LogP contribution in [0.1, 0.15) is 31.1 Å². The maximum absolute atomic E-state index is 13.8. The second-order valence-corrected chi connectivity index (χ2v) is 6.33. The molecule has 1 aromatic carbocycles. The highest BCUT2D eigenvalue weighted by Gasteiger charge is 2.20. The number of aromatic nitrogens is 2. The van der Waals surface area contributed by atoms with Crippen LogP contribution in [0.2, 0.25) is 0 Å². The molecule has 0 radical (unpaired) electrons. The van der Waals surface area contributed by atoms with Crippen LogP contribution in [0.5, 0.6) is 0 Å². The quantitative estimate of drug-likeness (QED) is 0.569. The van der Waals surface area contributed by atoms with Gasteiger partial charge in [-0.15, -0.1) is 11.6 Å². The molecular formula is C13H15ClFIN2O. The molecule has 0 aliphatic carbocycles. The largest absolute Gasteiger partial charge is 0.383 e. The minimum Gasteiger partial charge on any atom is -0.383 e. The summed E-state index contributed by atoms with van der Waals surface area (Å²) in [6.07, 6.45) is 0. The Morgan fingerprint density at radius 2 is 2.16 bits per heavy atom. The third-order valence-corrected chi connectivity index (χ3v) is 3.99. The summed E-state index contributed by atoms with van der Waals surface area (Å²) in [5.74, 6) is 0.496. The van der Waals surface area contributed by atoms with Crippen molar-refractivity contribution in [2.75, 3.05) is 13.7 Å². The van der Waals surface area contributed by atoms with Crippen molar-refractivity contribution in [1.82, 2.24) is 9.55 Å². The third-order valence-electron chi connectivity index (χ3n) is 2.96.